The summed E-state index contributed by atoms with van der Waals surface area (Å²) in [5.41, 5.74) is 0. The zero-order valence-electron chi connectivity index (χ0n) is 4.56. The Bertz CT molecular complexity index is 101. The molecule has 8 heavy (non-hydrogen) atoms. The van der Waals surface area contributed by atoms with Crippen LogP contribution in [0.5, 0.6) is 0 Å². The number of ether oxygens (including phenoxy) is 1. The Balaban J connectivity index is 2.51. The third-order valence-corrected chi connectivity index (χ3v) is 2.26. The van der Waals surface area contributed by atoms with E-state index in [2.05, 4.69) is 15.9 Å². The summed E-state index contributed by atoms with van der Waals surface area (Å²) >= 11 is 3.30. The molecule has 1 rings (SSSR count). The zero-order valence-corrected chi connectivity index (χ0v) is 6.14. The third-order valence-electron chi connectivity index (χ3n) is 1.19. The molecule has 0 aromatic carbocycles. The molecule has 0 saturated carbocycles. The maximum atomic E-state index is 10.4. The highest BCUT2D eigenvalue weighted by Crippen LogP contribution is 2.21. The summed E-state index contributed by atoms with van der Waals surface area (Å²) in [4.78, 5) is 10.6. The molecule has 3 heteroatoms. The number of carbonyl (C=O) groups is 1. The Morgan fingerprint density at radius 1 is 1.88 bits per heavy atom. The molecule has 2 atom stereocenters. The van der Waals surface area contributed by atoms with E-state index < -0.39 is 0 Å². The van der Waals surface area contributed by atoms with Gasteiger partial charge in [0.1, 0.15) is 6.10 Å². The molecule has 1 fully saturated rings. The van der Waals surface area contributed by atoms with Gasteiger partial charge in [-0.25, -0.2) is 0 Å². The third kappa shape index (κ3) is 1.02. The van der Waals surface area contributed by atoms with Gasteiger partial charge in [-0.3, -0.25) is 4.79 Å². The van der Waals surface area contributed by atoms with Crippen LogP contribution in [0.4, 0.5) is 0 Å². The van der Waals surface area contributed by atoms with Gasteiger partial charge in [0.05, 0.1) is 11.2 Å². The fourth-order valence-electron chi connectivity index (χ4n) is 0.654. The van der Waals surface area contributed by atoms with Crippen molar-refractivity contribution in [3.8, 4) is 0 Å². The maximum Gasteiger partial charge on any atom is 0.307 e. The van der Waals surface area contributed by atoms with E-state index in [1.54, 1.807) is 0 Å². The Morgan fingerprint density at radius 3 is 2.62 bits per heavy atom. The number of carbonyl (C=O) groups excluding carboxylic acids is 1. The van der Waals surface area contributed by atoms with Crippen LogP contribution in [0.2, 0.25) is 0 Å². The average Bonchev–Trinajstić information content (AvgIpc) is 1.85. The molecule has 0 aliphatic carbocycles. The van der Waals surface area contributed by atoms with E-state index in [0.717, 1.165) is 0 Å². The Labute approximate surface area is 56.3 Å². The van der Waals surface area contributed by atoms with Crippen molar-refractivity contribution < 1.29 is 9.53 Å². The van der Waals surface area contributed by atoms with Gasteiger partial charge in [0.2, 0.25) is 0 Å². The van der Waals surface area contributed by atoms with Crippen LogP contribution >= 0.6 is 15.9 Å². The zero-order chi connectivity index (χ0) is 6.15. The number of rotatable bonds is 0. The van der Waals surface area contributed by atoms with Crippen molar-refractivity contribution in [2.24, 2.45) is 0 Å². The highest BCUT2D eigenvalue weighted by atomic mass is 79.9. The normalized spacial score (nSPS) is 37.5. The van der Waals surface area contributed by atoms with Crippen molar-refractivity contribution in [2.45, 2.75) is 24.3 Å². The summed E-state index contributed by atoms with van der Waals surface area (Å²) in [6, 6.07) is 0. The van der Waals surface area contributed by atoms with E-state index in [9.17, 15) is 4.79 Å². The second kappa shape index (κ2) is 2.05. The minimum atomic E-state index is -0.0978. The molecular weight excluding hydrogens is 172 g/mol. The Kier molecular flexibility index (Phi) is 1.56. The standard InChI is InChI=1S/C5H7BrO2/c1-3-4(6)2-5(7)8-3/h3-4H,2H2,1H3/t3-,4+/m1/s1. The summed E-state index contributed by atoms with van der Waals surface area (Å²) < 4.78 is 4.79. The largest absolute Gasteiger partial charge is 0.461 e. The molecular formula is C5H7BrO2. The Hall–Kier alpha value is -0.0500. The molecule has 1 aliphatic heterocycles. The predicted molar refractivity (Wildman–Crippen MR) is 32.9 cm³/mol. The lowest BCUT2D eigenvalue weighted by atomic mass is 10.3. The summed E-state index contributed by atoms with van der Waals surface area (Å²) in [5, 5.41) is 0. The number of cyclic esters (lactones) is 1. The topological polar surface area (TPSA) is 26.3 Å². The monoisotopic (exact) mass is 178 g/mol. The van der Waals surface area contributed by atoms with Crippen LogP contribution in [0.1, 0.15) is 13.3 Å². The molecule has 1 saturated heterocycles. The van der Waals surface area contributed by atoms with Gasteiger partial charge in [-0.15, -0.1) is 0 Å². The van der Waals surface area contributed by atoms with Gasteiger partial charge < -0.3 is 4.74 Å². The molecule has 0 spiro atoms. The van der Waals surface area contributed by atoms with Crippen LogP contribution in [0.15, 0.2) is 0 Å². The first-order valence-electron chi connectivity index (χ1n) is 2.53. The summed E-state index contributed by atoms with van der Waals surface area (Å²) in [6.45, 7) is 1.88. The van der Waals surface area contributed by atoms with Gasteiger partial charge in [-0.1, -0.05) is 15.9 Å². The minimum absolute atomic E-state index is 0.0579. The van der Waals surface area contributed by atoms with Crippen molar-refractivity contribution in [3.05, 3.63) is 0 Å². The smallest absolute Gasteiger partial charge is 0.307 e. The van der Waals surface area contributed by atoms with Gasteiger partial charge >= 0.3 is 5.97 Å². The molecule has 46 valence electrons. The van der Waals surface area contributed by atoms with E-state index in [1.165, 1.54) is 0 Å². The average molecular weight is 179 g/mol. The van der Waals surface area contributed by atoms with Crippen LogP contribution in [0.3, 0.4) is 0 Å². The van der Waals surface area contributed by atoms with E-state index >= 15 is 0 Å². The summed E-state index contributed by atoms with van der Waals surface area (Å²) in [5.74, 6) is -0.0978. The van der Waals surface area contributed by atoms with Crippen molar-refractivity contribution in [1.29, 1.82) is 0 Å². The molecule has 0 amide bonds. The molecule has 0 N–H and O–H groups in total. The SMILES string of the molecule is C[C@H]1OC(=O)C[C@@H]1Br. The lowest BCUT2D eigenvalue weighted by molar-refractivity contribution is -0.140. The fraction of sp³-hybridized carbons (Fsp3) is 0.800. The maximum absolute atomic E-state index is 10.4. The second-order valence-corrected chi connectivity index (χ2v) is 3.09. The first-order chi connectivity index (χ1) is 3.70. The van der Waals surface area contributed by atoms with Crippen molar-refractivity contribution in [2.75, 3.05) is 0 Å². The number of halogens is 1. The minimum Gasteiger partial charge on any atom is -0.461 e. The van der Waals surface area contributed by atoms with E-state index in [-0.39, 0.29) is 16.9 Å². The van der Waals surface area contributed by atoms with Crippen LogP contribution in [-0.4, -0.2) is 16.9 Å². The van der Waals surface area contributed by atoms with Gasteiger partial charge in [-0.05, 0) is 6.92 Å². The van der Waals surface area contributed by atoms with Gasteiger partial charge in [0, 0.05) is 0 Å². The molecule has 0 aromatic rings. The van der Waals surface area contributed by atoms with Crippen molar-refractivity contribution in [1.82, 2.24) is 0 Å². The number of hydrogen-bond acceptors (Lipinski definition) is 2. The number of esters is 1. The van der Waals surface area contributed by atoms with Gasteiger partial charge in [-0.2, -0.15) is 0 Å². The van der Waals surface area contributed by atoms with E-state index in [0.29, 0.717) is 6.42 Å². The highest BCUT2D eigenvalue weighted by molar-refractivity contribution is 9.09. The quantitative estimate of drug-likeness (QED) is 0.411. The van der Waals surface area contributed by atoms with Gasteiger partial charge in [0.25, 0.3) is 0 Å². The highest BCUT2D eigenvalue weighted by Gasteiger charge is 2.28. The first-order valence-corrected chi connectivity index (χ1v) is 3.45. The van der Waals surface area contributed by atoms with Crippen LogP contribution in [-0.2, 0) is 9.53 Å². The molecule has 0 aromatic heterocycles. The van der Waals surface area contributed by atoms with Crippen LogP contribution < -0.4 is 0 Å². The lowest BCUT2D eigenvalue weighted by Gasteiger charge is -2.02. The molecule has 0 unspecified atom stereocenters. The summed E-state index contributed by atoms with van der Waals surface area (Å²) in [6.07, 6.45) is 0.573. The molecule has 2 nitrogen and oxygen atoms in total. The first kappa shape index (κ1) is 6.08. The van der Waals surface area contributed by atoms with Crippen molar-refractivity contribution in [3.63, 3.8) is 0 Å². The van der Waals surface area contributed by atoms with Crippen molar-refractivity contribution >= 4 is 21.9 Å². The molecule has 0 radical (unpaired) electrons. The molecule has 1 aliphatic rings. The predicted octanol–water partition coefficient (Wildman–Crippen LogP) is 1.09. The van der Waals surface area contributed by atoms with E-state index in [1.807, 2.05) is 6.92 Å². The lowest BCUT2D eigenvalue weighted by Crippen LogP contribution is -2.08. The fourth-order valence-corrected chi connectivity index (χ4v) is 1.03. The second-order valence-electron chi connectivity index (χ2n) is 1.92. The molecule has 1 heterocycles. The van der Waals surface area contributed by atoms with Crippen LogP contribution in [0.25, 0.3) is 0 Å². The number of hydrogen-bond donors (Lipinski definition) is 0. The molecule has 0 bridgehead atoms. The Morgan fingerprint density at radius 2 is 2.50 bits per heavy atom. The summed E-state index contributed by atoms with van der Waals surface area (Å²) in [7, 11) is 0. The van der Waals surface area contributed by atoms with E-state index in [4.69, 9.17) is 4.74 Å². The van der Waals surface area contributed by atoms with Gasteiger partial charge in [0.15, 0.2) is 0 Å². The van der Waals surface area contributed by atoms with Crippen LogP contribution in [0, 0.1) is 0 Å². The number of alkyl halides is 1.